The molecule has 0 aliphatic heterocycles. The lowest BCUT2D eigenvalue weighted by atomic mass is 10.6. The van der Waals surface area contributed by atoms with Gasteiger partial charge in [0.05, 0.1) is 0 Å². The van der Waals surface area contributed by atoms with Crippen molar-refractivity contribution in [3.8, 4) is 0 Å². The third-order valence-electron chi connectivity index (χ3n) is 0. The Labute approximate surface area is 206 Å². The Hall–Kier alpha value is -0.820. The first-order valence-electron chi connectivity index (χ1n) is 11.3. The Morgan fingerprint density at radius 1 is 0.375 bits per heavy atom. The van der Waals surface area contributed by atoms with Crippen molar-refractivity contribution in [1.82, 2.24) is 0 Å². The lowest BCUT2D eigenvalue weighted by Gasteiger charge is -1.61. The second-order valence-corrected chi connectivity index (χ2v) is 6.28. The molecule has 0 fully saturated rings. The van der Waals surface area contributed by atoms with Crippen molar-refractivity contribution >= 4 is 11.6 Å². The summed E-state index contributed by atoms with van der Waals surface area (Å²) >= 11 is 0. The summed E-state index contributed by atoms with van der Waals surface area (Å²) in [5, 5.41) is 0. The molecule has 0 heterocycles. The smallest absolute Gasteiger partial charge is 0.126 e. The molecule has 0 bridgehead atoms. The first-order chi connectivity index (χ1) is 14.8. The van der Waals surface area contributed by atoms with E-state index in [-0.39, 0.29) is 11.6 Å². The predicted octanol–water partition coefficient (Wildman–Crippen LogP) is 7.91. The molecule has 0 N–H and O–H groups in total. The summed E-state index contributed by atoms with van der Waals surface area (Å²) in [6.07, 6.45) is 5.00. The number of carbonyl (C=O) groups is 2. The fraction of sp³-hybridized carbons (Fsp3) is 0.923. The average Bonchev–Trinajstić information content (AvgIpc) is 2.59. The van der Waals surface area contributed by atoms with E-state index in [0.717, 1.165) is 0 Å². The third kappa shape index (κ3) is 34500. The molecule has 0 aliphatic rings. The van der Waals surface area contributed by atoms with Gasteiger partial charge in [0.2, 0.25) is 0 Å². The zero-order chi connectivity index (χ0) is 28.8. The highest BCUT2D eigenvalue weighted by Crippen LogP contribution is 1.57. The Morgan fingerprint density at radius 2 is 0.375 bits per heavy atom. The fourth-order valence-corrected chi connectivity index (χ4v) is 0. The summed E-state index contributed by atoms with van der Waals surface area (Å²) in [5.41, 5.74) is 0. The maximum Gasteiger partial charge on any atom is 0.126 e. The lowest BCUT2D eigenvalue weighted by Crippen LogP contribution is -1.69. The summed E-state index contributed by atoms with van der Waals surface area (Å²) in [4.78, 5) is 18.9. The van der Waals surface area contributed by atoms with Gasteiger partial charge in [0.1, 0.15) is 11.6 Å². The molecule has 0 unspecified atom stereocenters. The van der Waals surface area contributed by atoms with Gasteiger partial charge in [-0.3, -0.25) is 0 Å². The van der Waals surface area contributed by atoms with Crippen molar-refractivity contribution in [2.75, 3.05) is 56.9 Å². The Kier molecular flexibility index (Phi) is 293. The molecule has 0 radical (unpaired) electrons. The molecule has 0 aromatic rings. The standard InChI is InChI=1S/2C3H6O.4C3H8.4C2H6O/c2*1-3(2)4;8*1-3-2/h2*1-2H3;4*3H2,1-2H3;4*1-2H3. The first kappa shape index (κ1) is 63.3. The van der Waals surface area contributed by atoms with Crippen molar-refractivity contribution in [2.45, 2.75) is 109 Å². The van der Waals surface area contributed by atoms with E-state index in [1.807, 2.05) is 0 Å². The van der Waals surface area contributed by atoms with E-state index in [1.165, 1.54) is 53.4 Å². The zero-order valence-corrected chi connectivity index (χ0v) is 26.3. The molecule has 0 saturated heterocycles. The number of carbonyl (C=O) groups excluding carboxylic acids is 2. The highest BCUT2D eigenvalue weighted by molar-refractivity contribution is 5.72. The van der Waals surface area contributed by atoms with Crippen molar-refractivity contribution in [3.63, 3.8) is 0 Å². The lowest BCUT2D eigenvalue weighted by molar-refractivity contribution is -0.115. The van der Waals surface area contributed by atoms with E-state index >= 15 is 0 Å². The van der Waals surface area contributed by atoms with Gasteiger partial charge in [0.25, 0.3) is 0 Å². The first-order valence-corrected chi connectivity index (χ1v) is 11.3. The number of methoxy groups -OCH3 is 4. The fourth-order valence-electron chi connectivity index (χ4n) is 0. The predicted molar refractivity (Wildman–Crippen MR) is 148 cm³/mol. The third-order valence-corrected chi connectivity index (χ3v) is 0. The van der Waals surface area contributed by atoms with Crippen molar-refractivity contribution in [2.24, 2.45) is 0 Å². The van der Waals surface area contributed by atoms with Crippen LogP contribution in [0.25, 0.3) is 0 Å². The van der Waals surface area contributed by atoms with Crippen LogP contribution in [0.4, 0.5) is 0 Å². The van der Waals surface area contributed by atoms with Crippen LogP contribution in [0.3, 0.4) is 0 Å². The van der Waals surface area contributed by atoms with Crippen molar-refractivity contribution in [1.29, 1.82) is 0 Å². The molecule has 6 nitrogen and oxygen atoms in total. The minimum atomic E-state index is 0.167. The summed E-state index contributed by atoms with van der Waals surface area (Å²) in [6.45, 7) is 23.1. The van der Waals surface area contributed by atoms with E-state index in [9.17, 15) is 9.59 Å². The SMILES string of the molecule is CC(C)=O.CC(C)=O.CCC.CCC.CCC.CCC.COC.COC.COC.COC. The molecule has 0 aromatic heterocycles. The van der Waals surface area contributed by atoms with Gasteiger partial charge < -0.3 is 28.5 Å². The Morgan fingerprint density at radius 3 is 0.375 bits per heavy atom. The monoisotopic (exact) mass is 477 g/mol. The minimum Gasteiger partial charge on any atom is -0.388 e. The number of hydrogen-bond donors (Lipinski definition) is 0. The van der Waals surface area contributed by atoms with Gasteiger partial charge >= 0.3 is 0 Å². The summed E-state index contributed by atoms with van der Waals surface area (Å²) in [5.74, 6) is 0.333. The Balaban J connectivity index is -0.0000000211. The maximum atomic E-state index is 9.44. The molecule has 208 valence electrons. The summed E-state index contributed by atoms with van der Waals surface area (Å²) in [7, 11) is 13.0. The maximum absolute atomic E-state index is 9.44. The number of ether oxygens (including phenoxy) is 4. The Bertz CT molecular complexity index is 143. The van der Waals surface area contributed by atoms with Crippen LogP contribution < -0.4 is 0 Å². The van der Waals surface area contributed by atoms with Crippen LogP contribution in [0, 0.1) is 0 Å². The zero-order valence-electron chi connectivity index (χ0n) is 26.3. The van der Waals surface area contributed by atoms with Crippen LogP contribution in [0.2, 0.25) is 0 Å². The number of hydrogen-bond acceptors (Lipinski definition) is 6. The van der Waals surface area contributed by atoms with Gasteiger partial charge in [-0.1, -0.05) is 81.1 Å². The quantitative estimate of drug-likeness (QED) is 0.354. The van der Waals surface area contributed by atoms with Crippen LogP contribution in [0.5, 0.6) is 0 Å². The van der Waals surface area contributed by atoms with Crippen LogP contribution in [-0.4, -0.2) is 68.4 Å². The van der Waals surface area contributed by atoms with E-state index < -0.39 is 0 Å². The topological polar surface area (TPSA) is 71.1 Å². The number of rotatable bonds is 0. The van der Waals surface area contributed by atoms with E-state index in [1.54, 1.807) is 56.9 Å². The summed E-state index contributed by atoms with van der Waals surface area (Å²) < 4.78 is 17.0. The van der Waals surface area contributed by atoms with Gasteiger partial charge in [0, 0.05) is 56.9 Å². The molecule has 0 atom stereocenters. The molecule has 32 heavy (non-hydrogen) atoms. The van der Waals surface area contributed by atoms with Crippen molar-refractivity contribution < 1.29 is 28.5 Å². The molecule has 0 aliphatic carbocycles. The average molecular weight is 477 g/mol. The van der Waals surface area contributed by atoms with E-state index in [2.05, 4.69) is 74.3 Å². The van der Waals surface area contributed by atoms with Gasteiger partial charge in [-0.25, -0.2) is 0 Å². The van der Waals surface area contributed by atoms with Crippen LogP contribution in [0.1, 0.15) is 109 Å². The molecule has 6 heteroatoms. The van der Waals surface area contributed by atoms with Gasteiger partial charge in [-0.2, -0.15) is 0 Å². The molecular weight excluding hydrogens is 408 g/mol. The van der Waals surface area contributed by atoms with Crippen LogP contribution in [0.15, 0.2) is 0 Å². The van der Waals surface area contributed by atoms with Crippen LogP contribution >= 0.6 is 0 Å². The van der Waals surface area contributed by atoms with E-state index in [4.69, 9.17) is 0 Å². The largest absolute Gasteiger partial charge is 0.388 e. The molecule has 0 aromatic carbocycles. The molecule has 0 spiro atoms. The summed E-state index contributed by atoms with van der Waals surface area (Å²) in [6, 6.07) is 0. The van der Waals surface area contributed by atoms with E-state index in [0.29, 0.717) is 0 Å². The van der Waals surface area contributed by atoms with Crippen molar-refractivity contribution in [3.05, 3.63) is 0 Å². The van der Waals surface area contributed by atoms with Crippen LogP contribution in [-0.2, 0) is 28.5 Å². The number of Topliss-reactive ketones (excluding diaryl/α,β-unsaturated/α-hetero) is 2. The molecule has 0 rings (SSSR count). The molecular formula is C26H68O6. The van der Waals surface area contributed by atoms with Gasteiger partial charge in [0.15, 0.2) is 0 Å². The van der Waals surface area contributed by atoms with Gasteiger partial charge in [-0.05, 0) is 27.7 Å². The normalized spacial score (nSPS) is 6.12. The second kappa shape index (κ2) is 148. The minimum absolute atomic E-state index is 0.167. The highest BCUT2D eigenvalue weighted by Gasteiger charge is 1.62. The van der Waals surface area contributed by atoms with Gasteiger partial charge in [-0.15, -0.1) is 0 Å². The number of ketones is 2. The second-order valence-electron chi connectivity index (χ2n) is 6.28. The molecule has 0 amide bonds. The molecule has 0 saturated carbocycles. The highest BCUT2D eigenvalue weighted by atomic mass is 16.5.